The predicted octanol–water partition coefficient (Wildman–Crippen LogP) is 3.75. The van der Waals surface area contributed by atoms with Gasteiger partial charge in [-0.3, -0.25) is 0 Å². The van der Waals surface area contributed by atoms with E-state index >= 15 is 0 Å². The molecule has 17 heavy (non-hydrogen) atoms. The van der Waals surface area contributed by atoms with Crippen LogP contribution in [0.1, 0.15) is 10.4 Å². The first-order chi connectivity index (χ1) is 8.36. The van der Waals surface area contributed by atoms with Crippen LogP contribution in [0.15, 0.2) is 65.6 Å². The van der Waals surface area contributed by atoms with E-state index in [9.17, 15) is 4.79 Å². The second-order valence-electron chi connectivity index (χ2n) is 3.30. The van der Waals surface area contributed by atoms with Crippen LogP contribution >= 0.6 is 11.8 Å². The molecule has 0 amide bonds. The Balaban J connectivity index is 1.82. The Morgan fingerprint density at radius 1 is 0.941 bits per heavy atom. The van der Waals surface area contributed by atoms with Crippen molar-refractivity contribution in [2.45, 2.75) is 4.90 Å². The molecule has 0 N–H and O–H groups in total. The molecule has 0 saturated carbocycles. The van der Waals surface area contributed by atoms with Gasteiger partial charge in [0.25, 0.3) is 0 Å². The van der Waals surface area contributed by atoms with Crippen LogP contribution < -0.4 is 0 Å². The maximum atomic E-state index is 11.6. The van der Waals surface area contributed by atoms with E-state index in [1.165, 1.54) is 17.7 Å². The fourth-order valence-corrected chi connectivity index (χ4v) is 1.83. The van der Waals surface area contributed by atoms with Crippen molar-refractivity contribution in [2.24, 2.45) is 0 Å². The molecular formula is C14H11O2S. The van der Waals surface area contributed by atoms with E-state index in [-0.39, 0.29) is 5.97 Å². The molecule has 0 saturated heterocycles. The van der Waals surface area contributed by atoms with Crippen molar-refractivity contribution >= 4 is 17.7 Å². The van der Waals surface area contributed by atoms with Crippen LogP contribution in [0.4, 0.5) is 0 Å². The van der Waals surface area contributed by atoms with Crippen molar-refractivity contribution in [2.75, 3.05) is 0 Å². The van der Waals surface area contributed by atoms with Crippen molar-refractivity contribution in [3.05, 3.63) is 72.2 Å². The maximum Gasteiger partial charge on any atom is 0.339 e. The van der Waals surface area contributed by atoms with Gasteiger partial charge in [0.15, 0.2) is 5.94 Å². The van der Waals surface area contributed by atoms with E-state index < -0.39 is 0 Å². The molecule has 0 aliphatic heterocycles. The van der Waals surface area contributed by atoms with Gasteiger partial charge in [0, 0.05) is 4.90 Å². The molecule has 2 aromatic carbocycles. The Hall–Kier alpha value is -1.74. The molecule has 3 heteroatoms. The van der Waals surface area contributed by atoms with Gasteiger partial charge in [-0.2, -0.15) is 0 Å². The third kappa shape index (κ3) is 3.64. The summed E-state index contributed by atoms with van der Waals surface area (Å²) in [6.07, 6.45) is 0. The van der Waals surface area contributed by atoms with Gasteiger partial charge < -0.3 is 4.74 Å². The summed E-state index contributed by atoms with van der Waals surface area (Å²) in [5, 5.41) is 0. The largest absolute Gasteiger partial charge is 0.442 e. The zero-order valence-electron chi connectivity index (χ0n) is 9.08. The summed E-state index contributed by atoms with van der Waals surface area (Å²) in [5.41, 5.74) is 0.553. The standard InChI is InChI=1S/C14H11O2S/c15-14(12-7-3-1-4-8-12)16-11-17-13-9-5-2-6-10-13/h1-11H. The number of rotatable bonds is 4. The van der Waals surface area contributed by atoms with Gasteiger partial charge >= 0.3 is 5.97 Å². The highest BCUT2D eigenvalue weighted by Gasteiger charge is 2.06. The van der Waals surface area contributed by atoms with E-state index in [0.29, 0.717) is 5.56 Å². The van der Waals surface area contributed by atoms with Gasteiger partial charge in [-0.1, -0.05) is 48.2 Å². The molecule has 1 radical (unpaired) electrons. The van der Waals surface area contributed by atoms with Gasteiger partial charge in [-0.05, 0) is 24.3 Å². The average molecular weight is 243 g/mol. The number of thioether (sulfide) groups is 1. The lowest BCUT2D eigenvalue weighted by molar-refractivity contribution is 0.0641. The number of ether oxygens (including phenoxy) is 1. The Labute approximate surface area is 105 Å². The van der Waals surface area contributed by atoms with Gasteiger partial charge in [0.2, 0.25) is 0 Å². The second-order valence-corrected chi connectivity index (χ2v) is 4.20. The summed E-state index contributed by atoms with van der Waals surface area (Å²) in [4.78, 5) is 12.6. The number of hydrogen-bond acceptors (Lipinski definition) is 3. The van der Waals surface area contributed by atoms with E-state index in [4.69, 9.17) is 4.74 Å². The molecule has 85 valence electrons. The number of carbonyl (C=O) groups is 1. The topological polar surface area (TPSA) is 26.3 Å². The molecule has 0 atom stereocenters. The first-order valence-electron chi connectivity index (χ1n) is 5.16. The average Bonchev–Trinajstić information content (AvgIpc) is 2.41. The molecule has 0 spiro atoms. The molecule has 2 aromatic rings. The van der Waals surface area contributed by atoms with E-state index in [1.807, 2.05) is 36.4 Å². The number of hydrogen-bond donors (Lipinski definition) is 0. The maximum absolute atomic E-state index is 11.6. The molecule has 0 aliphatic rings. The molecular weight excluding hydrogens is 232 g/mol. The summed E-state index contributed by atoms with van der Waals surface area (Å²) in [7, 11) is 0. The minimum Gasteiger partial charge on any atom is -0.442 e. The third-order valence-electron chi connectivity index (χ3n) is 2.09. The fraction of sp³-hybridized carbons (Fsp3) is 0. The van der Waals surface area contributed by atoms with Crippen LogP contribution in [0.25, 0.3) is 0 Å². The van der Waals surface area contributed by atoms with Gasteiger partial charge in [-0.25, -0.2) is 4.79 Å². The van der Waals surface area contributed by atoms with Crippen molar-refractivity contribution in [1.82, 2.24) is 0 Å². The Morgan fingerprint density at radius 3 is 2.18 bits per heavy atom. The smallest absolute Gasteiger partial charge is 0.339 e. The quantitative estimate of drug-likeness (QED) is 0.604. The molecule has 0 aliphatic carbocycles. The van der Waals surface area contributed by atoms with Crippen LogP contribution in [0, 0.1) is 5.94 Å². The molecule has 0 unspecified atom stereocenters. The highest BCUT2D eigenvalue weighted by atomic mass is 32.2. The summed E-state index contributed by atoms with van der Waals surface area (Å²) in [5.74, 6) is 1.11. The first-order valence-corrected chi connectivity index (χ1v) is 6.03. The lowest BCUT2D eigenvalue weighted by atomic mass is 10.2. The fourth-order valence-electron chi connectivity index (χ4n) is 1.26. The van der Waals surface area contributed by atoms with E-state index in [2.05, 4.69) is 0 Å². The Kier molecular flexibility index (Phi) is 4.22. The predicted molar refractivity (Wildman–Crippen MR) is 68.5 cm³/mol. The van der Waals surface area contributed by atoms with Gasteiger partial charge in [-0.15, -0.1) is 0 Å². The number of esters is 1. The molecule has 2 nitrogen and oxygen atoms in total. The van der Waals surface area contributed by atoms with Crippen LogP contribution in [0.3, 0.4) is 0 Å². The van der Waals surface area contributed by atoms with Crippen LogP contribution in [-0.2, 0) is 4.74 Å². The lowest BCUT2D eigenvalue weighted by Gasteiger charge is -2.03. The first kappa shape index (κ1) is 11.7. The van der Waals surface area contributed by atoms with Crippen molar-refractivity contribution in [3.63, 3.8) is 0 Å². The summed E-state index contributed by atoms with van der Waals surface area (Å²) in [6.45, 7) is 0. The number of benzene rings is 2. The van der Waals surface area contributed by atoms with Crippen molar-refractivity contribution in [3.8, 4) is 0 Å². The zero-order valence-corrected chi connectivity index (χ0v) is 9.89. The van der Waals surface area contributed by atoms with E-state index in [1.54, 1.807) is 24.3 Å². The summed E-state index contributed by atoms with van der Waals surface area (Å²) in [6, 6.07) is 18.7. The van der Waals surface area contributed by atoms with Crippen molar-refractivity contribution < 1.29 is 9.53 Å². The van der Waals surface area contributed by atoms with E-state index in [0.717, 1.165) is 4.90 Å². The zero-order chi connectivity index (χ0) is 11.9. The Morgan fingerprint density at radius 2 is 1.53 bits per heavy atom. The minimum absolute atomic E-state index is 0.339. The molecule has 0 aromatic heterocycles. The SMILES string of the molecule is O=C(O[CH]Sc1ccccc1)c1ccccc1. The summed E-state index contributed by atoms with van der Waals surface area (Å²) < 4.78 is 5.03. The van der Waals surface area contributed by atoms with Gasteiger partial charge in [0.1, 0.15) is 0 Å². The van der Waals surface area contributed by atoms with Crippen molar-refractivity contribution in [1.29, 1.82) is 0 Å². The summed E-state index contributed by atoms with van der Waals surface area (Å²) >= 11 is 1.38. The lowest BCUT2D eigenvalue weighted by Crippen LogP contribution is -2.01. The highest BCUT2D eigenvalue weighted by molar-refractivity contribution is 8.01. The molecule has 0 fully saturated rings. The highest BCUT2D eigenvalue weighted by Crippen LogP contribution is 2.20. The molecule has 2 rings (SSSR count). The Bertz CT molecular complexity index is 468. The number of carbonyl (C=O) groups excluding carboxylic acids is 1. The third-order valence-corrected chi connectivity index (χ3v) is 2.83. The second kappa shape index (κ2) is 6.11. The monoisotopic (exact) mass is 243 g/mol. The van der Waals surface area contributed by atoms with Gasteiger partial charge in [0.05, 0.1) is 5.56 Å². The van der Waals surface area contributed by atoms with Crippen LogP contribution in [-0.4, -0.2) is 5.97 Å². The minimum atomic E-state index is -0.339. The van der Waals surface area contributed by atoms with Crippen LogP contribution in [0.5, 0.6) is 0 Å². The van der Waals surface area contributed by atoms with Crippen LogP contribution in [0.2, 0.25) is 0 Å². The molecule has 0 heterocycles. The molecule has 0 bridgehead atoms. The normalized spacial score (nSPS) is 9.88.